The highest BCUT2D eigenvalue weighted by Gasteiger charge is 2.44. The van der Waals surface area contributed by atoms with Gasteiger partial charge in [0.1, 0.15) is 0 Å². The van der Waals surface area contributed by atoms with E-state index in [-0.39, 0.29) is 17.8 Å². The highest BCUT2D eigenvalue weighted by atomic mass is 35.5. The molecule has 2 aliphatic rings. The first-order valence-corrected chi connectivity index (χ1v) is 9.01. The van der Waals surface area contributed by atoms with Crippen LogP contribution in [-0.4, -0.2) is 37.5 Å². The summed E-state index contributed by atoms with van der Waals surface area (Å²) in [4.78, 5) is 15.3. The molecule has 1 aliphatic carbocycles. The van der Waals surface area contributed by atoms with E-state index in [1.54, 1.807) is 0 Å². The van der Waals surface area contributed by atoms with Gasteiger partial charge < -0.3 is 10.2 Å². The fraction of sp³-hybridized carbons (Fsp3) is 0.944. The van der Waals surface area contributed by atoms with Crippen LogP contribution in [0.4, 0.5) is 0 Å². The van der Waals surface area contributed by atoms with E-state index in [0.717, 1.165) is 44.8 Å². The number of nitrogens with one attached hydrogen (secondary N) is 1. The molecule has 1 saturated carbocycles. The predicted molar refractivity (Wildman–Crippen MR) is 95.5 cm³/mol. The molecule has 0 radical (unpaired) electrons. The van der Waals surface area contributed by atoms with Crippen LogP contribution < -0.4 is 5.32 Å². The highest BCUT2D eigenvalue weighted by molar-refractivity contribution is 5.85. The van der Waals surface area contributed by atoms with Gasteiger partial charge in [-0.25, -0.2) is 0 Å². The Morgan fingerprint density at radius 2 is 1.82 bits per heavy atom. The van der Waals surface area contributed by atoms with Crippen LogP contribution in [0.1, 0.15) is 65.2 Å². The van der Waals surface area contributed by atoms with Gasteiger partial charge in [-0.1, -0.05) is 26.7 Å². The molecule has 0 atom stereocenters. The number of halogens is 1. The minimum absolute atomic E-state index is 0. The highest BCUT2D eigenvalue weighted by Crippen LogP contribution is 2.45. The van der Waals surface area contributed by atoms with Gasteiger partial charge >= 0.3 is 0 Å². The average molecular weight is 331 g/mol. The molecule has 0 unspecified atom stereocenters. The number of likely N-dealkylation sites (tertiary alicyclic amines) is 1. The molecule has 1 aliphatic heterocycles. The minimum atomic E-state index is -0.00796. The third-order valence-electron chi connectivity index (χ3n) is 5.52. The van der Waals surface area contributed by atoms with Crippen molar-refractivity contribution in [1.82, 2.24) is 10.2 Å². The molecule has 1 saturated heterocycles. The maximum absolute atomic E-state index is 13.1. The van der Waals surface area contributed by atoms with Crippen molar-refractivity contribution in [2.45, 2.75) is 65.2 Å². The molecule has 1 amide bonds. The van der Waals surface area contributed by atoms with Crippen molar-refractivity contribution >= 4 is 18.3 Å². The Morgan fingerprint density at radius 3 is 2.32 bits per heavy atom. The van der Waals surface area contributed by atoms with Gasteiger partial charge in [0.15, 0.2) is 0 Å². The molecule has 0 spiro atoms. The van der Waals surface area contributed by atoms with E-state index in [2.05, 4.69) is 24.1 Å². The Morgan fingerprint density at radius 1 is 1.23 bits per heavy atom. The van der Waals surface area contributed by atoms with Crippen molar-refractivity contribution in [3.63, 3.8) is 0 Å². The maximum Gasteiger partial charge on any atom is 0.228 e. The SMILES string of the molecule is CNCCC1CCN(C(=O)C2(CC(C)C)CCCC2)CC1.Cl. The maximum atomic E-state index is 13.1. The molecule has 3 nitrogen and oxygen atoms in total. The van der Waals surface area contributed by atoms with E-state index in [4.69, 9.17) is 0 Å². The van der Waals surface area contributed by atoms with Crippen molar-refractivity contribution < 1.29 is 4.79 Å². The van der Waals surface area contributed by atoms with Gasteiger partial charge in [0.25, 0.3) is 0 Å². The molecule has 0 aromatic rings. The average Bonchev–Trinajstić information content (AvgIpc) is 2.93. The van der Waals surface area contributed by atoms with Crippen LogP contribution in [0.2, 0.25) is 0 Å². The Kier molecular flexibility index (Phi) is 8.20. The van der Waals surface area contributed by atoms with Gasteiger partial charge in [0.05, 0.1) is 0 Å². The van der Waals surface area contributed by atoms with Crippen LogP contribution in [0.25, 0.3) is 0 Å². The molecule has 22 heavy (non-hydrogen) atoms. The van der Waals surface area contributed by atoms with Gasteiger partial charge in [-0.2, -0.15) is 0 Å². The van der Waals surface area contributed by atoms with E-state index in [1.807, 2.05) is 7.05 Å². The van der Waals surface area contributed by atoms with Crippen LogP contribution in [0, 0.1) is 17.3 Å². The smallest absolute Gasteiger partial charge is 0.228 e. The van der Waals surface area contributed by atoms with Crippen LogP contribution >= 0.6 is 12.4 Å². The molecule has 1 heterocycles. The topological polar surface area (TPSA) is 32.3 Å². The number of amides is 1. The summed E-state index contributed by atoms with van der Waals surface area (Å²) < 4.78 is 0. The van der Waals surface area contributed by atoms with Gasteiger partial charge in [-0.15, -0.1) is 12.4 Å². The lowest BCUT2D eigenvalue weighted by Gasteiger charge is -2.39. The Bertz CT molecular complexity index is 332. The Hall–Kier alpha value is -0.280. The Labute approximate surface area is 143 Å². The van der Waals surface area contributed by atoms with Crippen LogP contribution in [-0.2, 0) is 4.79 Å². The first-order chi connectivity index (χ1) is 10.1. The molecule has 0 aromatic carbocycles. The standard InChI is InChI=1S/C18H34N2O.ClH/c1-15(2)14-18(9-4-5-10-18)17(21)20-12-7-16(8-13-20)6-11-19-3;/h15-16,19H,4-14H2,1-3H3;1H. The van der Waals surface area contributed by atoms with Crippen molar-refractivity contribution in [1.29, 1.82) is 0 Å². The van der Waals surface area contributed by atoms with E-state index in [0.29, 0.717) is 11.8 Å². The summed E-state index contributed by atoms with van der Waals surface area (Å²) in [5.41, 5.74) is -0.00796. The van der Waals surface area contributed by atoms with Crippen molar-refractivity contribution in [3.8, 4) is 0 Å². The van der Waals surface area contributed by atoms with E-state index in [1.165, 1.54) is 32.1 Å². The minimum Gasteiger partial charge on any atom is -0.342 e. The first kappa shape index (κ1) is 19.8. The first-order valence-electron chi connectivity index (χ1n) is 9.01. The van der Waals surface area contributed by atoms with Gasteiger partial charge in [0.2, 0.25) is 5.91 Å². The zero-order valence-electron chi connectivity index (χ0n) is 14.7. The van der Waals surface area contributed by atoms with E-state index >= 15 is 0 Å². The summed E-state index contributed by atoms with van der Waals surface area (Å²) in [5, 5.41) is 3.24. The van der Waals surface area contributed by atoms with Crippen molar-refractivity contribution in [3.05, 3.63) is 0 Å². The molecule has 0 aromatic heterocycles. The van der Waals surface area contributed by atoms with Crippen molar-refractivity contribution in [2.24, 2.45) is 17.3 Å². The molecule has 2 rings (SSSR count). The van der Waals surface area contributed by atoms with Gasteiger partial charge in [0, 0.05) is 18.5 Å². The summed E-state index contributed by atoms with van der Waals surface area (Å²) in [7, 11) is 2.02. The normalized spacial score (nSPS) is 21.9. The van der Waals surface area contributed by atoms with E-state index in [9.17, 15) is 4.79 Å². The molecule has 4 heteroatoms. The molecular formula is C18H35ClN2O. The third kappa shape index (κ3) is 4.86. The third-order valence-corrected chi connectivity index (χ3v) is 5.52. The lowest BCUT2D eigenvalue weighted by Crippen LogP contribution is -2.47. The fourth-order valence-electron chi connectivity index (χ4n) is 4.45. The summed E-state index contributed by atoms with van der Waals surface area (Å²) in [6.07, 6.45) is 9.50. The number of piperidine rings is 1. The zero-order valence-corrected chi connectivity index (χ0v) is 15.5. The monoisotopic (exact) mass is 330 g/mol. The van der Waals surface area contributed by atoms with E-state index < -0.39 is 0 Å². The number of carbonyl (C=O) groups is 1. The number of carbonyl (C=O) groups excluding carboxylic acids is 1. The van der Waals surface area contributed by atoms with Crippen LogP contribution in [0.5, 0.6) is 0 Å². The largest absolute Gasteiger partial charge is 0.342 e. The van der Waals surface area contributed by atoms with Crippen LogP contribution in [0.3, 0.4) is 0 Å². The zero-order chi connectivity index (χ0) is 15.3. The Balaban J connectivity index is 0.00000242. The summed E-state index contributed by atoms with van der Waals surface area (Å²) in [6, 6.07) is 0. The second kappa shape index (κ2) is 9.12. The number of hydrogen-bond acceptors (Lipinski definition) is 2. The second-order valence-corrected chi connectivity index (χ2v) is 7.71. The molecule has 130 valence electrons. The molecule has 0 bridgehead atoms. The fourth-order valence-corrected chi connectivity index (χ4v) is 4.45. The predicted octanol–water partition coefficient (Wildman–Crippen LogP) is 3.86. The summed E-state index contributed by atoms with van der Waals surface area (Å²) in [5.74, 6) is 1.92. The van der Waals surface area contributed by atoms with Crippen LogP contribution in [0.15, 0.2) is 0 Å². The lowest BCUT2D eigenvalue weighted by atomic mass is 9.76. The molecular weight excluding hydrogens is 296 g/mol. The number of hydrogen-bond donors (Lipinski definition) is 1. The summed E-state index contributed by atoms with van der Waals surface area (Å²) in [6.45, 7) is 7.62. The molecule has 1 N–H and O–H groups in total. The lowest BCUT2D eigenvalue weighted by molar-refractivity contribution is -0.144. The summed E-state index contributed by atoms with van der Waals surface area (Å²) >= 11 is 0. The quantitative estimate of drug-likeness (QED) is 0.802. The van der Waals surface area contributed by atoms with Gasteiger partial charge in [-0.05, 0) is 64.0 Å². The van der Waals surface area contributed by atoms with Crippen molar-refractivity contribution in [2.75, 3.05) is 26.7 Å². The molecule has 2 fully saturated rings. The number of nitrogens with zero attached hydrogens (tertiary/aromatic N) is 1. The second-order valence-electron chi connectivity index (χ2n) is 7.71. The number of rotatable bonds is 6. The van der Waals surface area contributed by atoms with Gasteiger partial charge in [-0.3, -0.25) is 4.79 Å².